The number of ether oxygens (including phenoxy) is 2. The molecule has 322 valence electrons. The van der Waals surface area contributed by atoms with Crippen LogP contribution in [0.1, 0.15) is 181 Å². The normalized spacial score (nSPS) is 14.2. The highest BCUT2D eigenvalue weighted by molar-refractivity contribution is 7.45. The Morgan fingerprint density at radius 3 is 1.60 bits per heavy atom. The highest BCUT2D eigenvalue weighted by atomic mass is 31.2. The molecule has 0 aromatic rings. The number of likely N-dealkylation sites (N-methyl/N-ethyl adjacent to an activating group) is 1. The minimum atomic E-state index is -4.53. The van der Waals surface area contributed by atoms with E-state index in [1.54, 1.807) is 0 Å². The van der Waals surface area contributed by atoms with Crippen molar-refractivity contribution in [3.8, 4) is 0 Å². The third-order valence-corrected chi connectivity index (χ3v) is 10.3. The number of nitrogens with zero attached hydrogens (tertiary/aromatic N) is 1. The topological polar surface area (TPSA) is 94.1 Å². The highest BCUT2D eigenvalue weighted by Gasteiger charge is 2.20. The summed E-state index contributed by atoms with van der Waals surface area (Å²) < 4.78 is 34.6. The van der Waals surface area contributed by atoms with Crippen LogP contribution < -0.4 is 4.89 Å². The summed E-state index contributed by atoms with van der Waals surface area (Å²) in [5.74, 6) is -0.347. The van der Waals surface area contributed by atoms with Gasteiger partial charge in [-0.05, 0) is 70.6 Å². The summed E-state index contributed by atoms with van der Waals surface area (Å²) in [6.45, 7) is 5.27. The van der Waals surface area contributed by atoms with Crippen molar-refractivity contribution in [3.05, 3.63) is 48.6 Å². The summed E-state index contributed by atoms with van der Waals surface area (Å²) in [5, 5.41) is 0. The van der Waals surface area contributed by atoms with Crippen LogP contribution in [-0.2, 0) is 27.9 Å². The third-order valence-electron chi connectivity index (χ3n) is 9.36. The average Bonchev–Trinajstić information content (AvgIpc) is 3.13. The number of hydrogen-bond acceptors (Lipinski definition) is 7. The lowest BCUT2D eigenvalue weighted by Crippen LogP contribution is -2.37. The lowest BCUT2D eigenvalue weighted by atomic mass is 10.1. The molecule has 0 N–H and O–H groups in total. The van der Waals surface area contributed by atoms with Gasteiger partial charge in [0, 0.05) is 13.0 Å². The first-order valence-corrected chi connectivity index (χ1v) is 23.8. The molecule has 0 bridgehead atoms. The molecule has 0 amide bonds. The largest absolute Gasteiger partial charge is 0.756 e. The van der Waals surface area contributed by atoms with E-state index in [4.69, 9.17) is 18.5 Å². The van der Waals surface area contributed by atoms with Crippen molar-refractivity contribution in [1.82, 2.24) is 0 Å². The van der Waals surface area contributed by atoms with Gasteiger partial charge in [-0.15, -0.1) is 0 Å². The Morgan fingerprint density at radius 2 is 1.05 bits per heavy atom. The second-order valence-electron chi connectivity index (χ2n) is 16.0. The number of allylic oxidation sites excluding steroid dienone is 8. The molecule has 0 aliphatic heterocycles. The van der Waals surface area contributed by atoms with Crippen LogP contribution in [0.2, 0.25) is 0 Å². The van der Waals surface area contributed by atoms with E-state index in [9.17, 15) is 14.3 Å². The molecule has 0 fully saturated rings. The van der Waals surface area contributed by atoms with E-state index in [-0.39, 0.29) is 25.8 Å². The molecular weight excluding hydrogens is 709 g/mol. The van der Waals surface area contributed by atoms with Gasteiger partial charge < -0.3 is 27.9 Å². The second-order valence-corrected chi connectivity index (χ2v) is 17.4. The number of quaternary nitrogens is 1. The molecule has 0 saturated carbocycles. The Kier molecular flexibility index (Phi) is 38.2. The SMILES string of the molecule is CC/C=C\C/C=C\C/C=C\CCCCCCCCCCOCC(COP(=O)([O-])OCC[N+](C)(C)C)OC(=O)CCCCCCC/C=C\CCCCCCCC. The Bertz CT molecular complexity index is 1020. The number of phosphoric ester groups is 1. The van der Waals surface area contributed by atoms with Gasteiger partial charge in [0.2, 0.25) is 0 Å². The van der Waals surface area contributed by atoms with Gasteiger partial charge in [0.25, 0.3) is 7.82 Å². The molecule has 0 spiro atoms. The molecule has 9 heteroatoms. The van der Waals surface area contributed by atoms with Crippen LogP contribution in [0.25, 0.3) is 0 Å². The zero-order chi connectivity index (χ0) is 40.6. The van der Waals surface area contributed by atoms with Crippen molar-refractivity contribution in [2.24, 2.45) is 0 Å². The van der Waals surface area contributed by atoms with E-state index >= 15 is 0 Å². The minimum Gasteiger partial charge on any atom is -0.756 e. The Labute approximate surface area is 339 Å². The lowest BCUT2D eigenvalue weighted by molar-refractivity contribution is -0.870. The molecule has 2 atom stereocenters. The van der Waals surface area contributed by atoms with Gasteiger partial charge in [0.05, 0.1) is 34.4 Å². The quantitative estimate of drug-likeness (QED) is 0.0200. The van der Waals surface area contributed by atoms with Crippen molar-refractivity contribution in [3.63, 3.8) is 0 Å². The van der Waals surface area contributed by atoms with E-state index in [1.807, 2.05) is 21.1 Å². The number of unbranched alkanes of at least 4 members (excludes halogenated alkanes) is 19. The summed E-state index contributed by atoms with van der Waals surface area (Å²) in [4.78, 5) is 25.1. The molecule has 0 radical (unpaired) electrons. The van der Waals surface area contributed by atoms with Gasteiger partial charge in [0.15, 0.2) is 0 Å². The van der Waals surface area contributed by atoms with E-state index < -0.39 is 13.9 Å². The van der Waals surface area contributed by atoms with E-state index in [2.05, 4.69) is 62.5 Å². The minimum absolute atomic E-state index is 0.0217. The van der Waals surface area contributed by atoms with Crippen LogP contribution >= 0.6 is 7.82 Å². The van der Waals surface area contributed by atoms with Gasteiger partial charge in [-0.2, -0.15) is 0 Å². The van der Waals surface area contributed by atoms with Gasteiger partial charge in [-0.3, -0.25) is 9.36 Å². The van der Waals surface area contributed by atoms with Crippen LogP contribution in [0.3, 0.4) is 0 Å². The zero-order valence-electron chi connectivity index (χ0n) is 36.4. The molecular formula is C46H86NO7P. The standard InChI is InChI=1S/C46H86NO7P/c1-6-8-10-12-14-16-18-20-22-23-24-26-28-30-32-34-36-38-41-51-43-45(44-53-55(49,50)52-42-40-47(3,4)5)54-46(48)39-37-35-33-31-29-27-25-21-19-17-15-13-11-9-7-2/h8,10,14,16,20-22,25,45H,6-7,9,11-13,15,17-19,23-24,26-44H2,1-5H3/b10-8-,16-14-,22-20-,25-21-. The number of phosphoric acid groups is 1. The predicted octanol–water partition coefficient (Wildman–Crippen LogP) is 12.5. The van der Waals surface area contributed by atoms with E-state index in [1.165, 1.54) is 89.9 Å². The molecule has 2 unspecified atom stereocenters. The molecule has 55 heavy (non-hydrogen) atoms. The van der Waals surface area contributed by atoms with Crippen molar-refractivity contribution in [1.29, 1.82) is 0 Å². The monoisotopic (exact) mass is 796 g/mol. The van der Waals surface area contributed by atoms with Crippen molar-refractivity contribution in [2.45, 2.75) is 187 Å². The summed E-state index contributed by atoms with van der Waals surface area (Å²) in [6, 6.07) is 0. The van der Waals surface area contributed by atoms with Gasteiger partial charge >= 0.3 is 5.97 Å². The molecule has 0 aliphatic carbocycles. The van der Waals surface area contributed by atoms with Crippen molar-refractivity contribution in [2.75, 3.05) is 54.1 Å². The fourth-order valence-electron chi connectivity index (χ4n) is 5.91. The molecule has 0 aromatic carbocycles. The molecule has 0 rings (SSSR count). The Morgan fingerprint density at radius 1 is 0.582 bits per heavy atom. The fraction of sp³-hybridized carbons (Fsp3) is 0.804. The van der Waals surface area contributed by atoms with Gasteiger partial charge in [-0.1, -0.05) is 152 Å². The van der Waals surface area contributed by atoms with Crippen LogP contribution in [0.4, 0.5) is 0 Å². The number of rotatable bonds is 41. The smallest absolute Gasteiger partial charge is 0.306 e. The number of hydrogen-bond donors (Lipinski definition) is 0. The van der Waals surface area contributed by atoms with Crippen LogP contribution in [0.5, 0.6) is 0 Å². The highest BCUT2D eigenvalue weighted by Crippen LogP contribution is 2.38. The summed E-state index contributed by atoms with van der Waals surface area (Å²) >= 11 is 0. The van der Waals surface area contributed by atoms with Crippen LogP contribution in [0, 0.1) is 0 Å². The maximum Gasteiger partial charge on any atom is 0.306 e. The first kappa shape index (κ1) is 53.5. The van der Waals surface area contributed by atoms with E-state index in [0.29, 0.717) is 24.1 Å². The third kappa shape index (κ3) is 43.4. The molecule has 0 heterocycles. The summed E-state index contributed by atoms with van der Waals surface area (Å²) in [5.41, 5.74) is 0. The average molecular weight is 796 g/mol. The number of esters is 1. The maximum atomic E-state index is 12.7. The zero-order valence-corrected chi connectivity index (χ0v) is 37.3. The molecule has 0 aliphatic rings. The second kappa shape index (κ2) is 39.3. The fourth-order valence-corrected chi connectivity index (χ4v) is 6.64. The Balaban J connectivity index is 4.24. The lowest BCUT2D eigenvalue weighted by Gasteiger charge is -2.28. The molecule has 8 nitrogen and oxygen atoms in total. The first-order valence-electron chi connectivity index (χ1n) is 22.4. The maximum absolute atomic E-state index is 12.7. The first-order chi connectivity index (χ1) is 26.6. The summed E-state index contributed by atoms with van der Waals surface area (Å²) in [7, 11) is 1.34. The van der Waals surface area contributed by atoms with E-state index in [0.717, 1.165) is 70.6 Å². The summed E-state index contributed by atoms with van der Waals surface area (Å²) in [6.07, 6.45) is 46.9. The van der Waals surface area contributed by atoms with Gasteiger partial charge in [-0.25, -0.2) is 0 Å². The van der Waals surface area contributed by atoms with Crippen LogP contribution in [-0.4, -0.2) is 70.7 Å². The molecule has 0 aromatic heterocycles. The van der Waals surface area contributed by atoms with Crippen molar-refractivity contribution >= 4 is 13.8 Å². The van der Waals surface area contributed by atoms with Gasteiger partial charge in [0.1, 0.15) is 19.3 Å². The van der Waals surface area contributed by atoms with Crippen LogP contribution in [0.15, 0.2) is 48.6 Å². The molecule has 0 saturated heterocycles. The Hall–Kier alpha value is -1.54. The number of carbonyl (C=O) groups is 1. The van der Waals surface area contributed by atoms with Crippen molar-refractivity contribution < 1.29 is 37.3 Å². The number of carbonyl (C=O) groups excluding carboxylic acids is 1. The predicted molar refractivity (Wildman–Crippen MR) is 231 cm³/mol.